The van der Waals surface area contributed by atoms with E-state index in [0.29, 0.717) is 12.0 Å². The third kappa shape index (κ3) is 3.74. The van der Waals surface area contributed by atoms with E-state index in [4.69, 9.17) is 0 Å². The monoisotopic (exact) mass is 316 g/mol. The molecule has 1 atom stereocenters. The summed E-state index contributed by atoms with van der Waals surface area (Å²) in [5.74, 6) is -0.144. The Balaban J connectivity index is 2.07. The van der Waals surface area contributed by atoms with Gasteiger partial charge in [-0.15, -0.1) is 11.3 Å². The van der Waals surface area contributed by atoms with E-state index in [2.05, 4.69) is 11.4 Å². The summed E-state index contributed by atoms with van der Waals surface area (Å²) < 4.78 is 0. The highest BCUT2D eigenvalue weighted by Crippen LogP contribution is 2.25. The Morgan fingerprint density at radius 2 is 1.91 bits per heavy atom. The summed E-state index contributed by atoms with van der Waals surface area (Å²) in [7, 11) is 3.32. The first-order valence-electron chi connectivity index (χ1n) is 7.14. The summed E-state index contributed by atoms with van der Waals surface area (Å²) in [5, 5.41) is 4.61. The lowest BCUT2D eigenvalue weighted by Crippen LogP contribution is -2.38. The minimum absolute atomic E-state index is 0.0693. The van der Waals surface area contributed by atoms with Crippen molar-refractivity contribution in [1.82, 2.24) is 10.2 Å². The summed E-state index contributed by atoms with van der Waals surface area (Å²) in [4.78, 5) is 26.7. The van der Waals surface area contributed by atoms with Gasteiger partial charge in [-0.3, -0.25) is 9.59 Å². The Morgan fingerprint density at radius 1 is 1.23 bits per heavy atom. The minimum Gasteiger partial charge on any atom is -0.359 e. The average molecular weight is 316 g/mol. The van der Waals surface area contributed by atoms with E-state index in [0.717, 1.165) is 5.56 Å². The Labute approximate surface area is 134 Å². The predicted octanol–water partition coefficient (Wildman–Crippen LogP) is 3.01. The molecule has 0 saturated carbocycles. The van der Waals surface area contributed by atoms with Gasteiger partial charge in [0.15, 0.2) is 0 Å². The summed E-state index contributed by atoms with van der Waals surface area (Å²) in [6.07, 6.45) is 0.298. The van der Waals surface area contributed by atoms with Crippen LogP contribution in [0.25, 0.3) is 10.4 Å². The summed E-state index contributed by atoms with van der Waals surface area (Å²) in [6, 6.07) is 11.5. The van der Waals surface area contributed by atoms with Crippen LogP contribution in [-0.4, -0.2) is 36.9 Å². The topological polar surface area (TPSA) is 49.4 Å². The highest BCUT2D eigenvalue weighted by Gasteiger charge is 2.19. The molecule has 1 aromatic carbocycles. The molecule has 0 saturated heterocycles. The fourth-order valence-electron chi connectivity index (χ4n) is 2.13. The van der Waals surface area contributed by atoms with E-state index in [1.165, 1.54) is 4.88 Å². The molecule has 0 aliphatic carbocycles. The summed E-state index contributed by atoms with van der Waals surface area (Å²) in [5.41, 5.74) is 1.74. The van der Waals surface area contributed by atoms with Crippen LogP contribution in [0.2, 0.25) is 0 Å². The van der Waals surface area contributed by atoms with Gasteiger partial charge >= 0.3 is 0 Å². The van der Waals surface area contributed by atoms with Gasteiger partial charge in [-0.2, -0.15) is 0 Å². The number of carbonyl (C=O) groups excluding carboxylic acids is 2. The molecule has 0 aliphatic heterocycles. The van der Waals surface area contributed by atoms with Gasteiger partial charge in [0.2, 0.25) is 5.91 Å². The van der Waals surface area contributed by atoms with Crippen LogP contribution >= 0.6 is 11.3 Å². The minimum atomic E-state index is -0.149. The van der Waals surface area contributed by atoms with E-state index in [9.17, 15) is 9.59 Å². The molecule has 1 heterocycles. The summed E-state index contributed by atoms with van der Waals surface area (Å²) >= 11 is 1.67. The van der Waals surface area contributed by atoms with Crippen LogP contribution in [0.4, 0.5) is 0 Å². The van der Waals surface area contributed by atoms with Crippen molar-refractivity contribution in [3.05, 3.63) is 47.3 Å². The van der Waals surface area contributed by atoms with Crippen LogP contribution in [0.3, 0.4) is 0 Å². The van der Waals surface area contributed by atoms with Crippen LogP contribution in [0, 0.1) is 0 Å². The predicted molar refractivity (Wildman–Crippen MR) is 90.0 cm³/mol. The zero-order valence-electron chi connectivity index (χ0n) is 13.0. The Kier molecular flexibility index (Phi) is 5.33. The van der Waals surface area contributed by atoms with Crippen LogP contribution in [0.1, 0.15) is 23.7 Å². The van der Waals surface area contributed by atoms with Crippen LogP contribution in [0.15, 0.2) is 41.8 Å². The van der Waals surface area contributed by atoms with Crippen molar-refractivity contribution >= 4 is 23.2 Å². The van der Waals surface area contributed by atoms with Gasteiger partial charge in [0.1, 0.15) is 0 Å². The Bertz CT molecular complexity index is 635. The van der Waals surface area contributed by atoms with Gasteiger partial charge in [-0.05, 0) is 36.1 Å². The van der Waals surface area contributed by atoms with Crippen LogP contribution < -0.4 is 5.32 Å². The van der Waals surface area contributed by atoms with Gasteiger partial charge in [-0.25, -0.2) is 0 Å². The van der Waals surface area contributed by atoms with Crippen LogP contribution in [-0.2, 0) is 4.79 Å². The van der Waals surface area contributed by atoms with Crippen molar-refractivity contribution in [3.8, 4) is 10.4 Å². The fourth-order valence-corrected chi connectivity index (χ4v) is 2.86. The molecule has 0 radical (unpaired) electrons. The highest BCUT2D eigenvalue weighted by molar-refractivity contribution is 7.13. The van der Waals surface area contributed by atoms with E-state index < -0.39 is 0 Å². The van der Waals surface area contributed by atoms with E-state index in [1.54, 1.807) is 30.3 Å². The molecule has 5 heteroatoms. The Hall–Kier alpha value is -2.14. The van der Waals surface area contributed by atoms with Crippen molar-refractivity contribution in [2.24, 2.45) is 0 Å². The van der Waals surface area contributed by atoms with Gasteiger partial charge in [0.05, 0.1) is 0 Å². The van der Waals surface area contributed by atoms with Gasteiger partial charge in [-0.1, -0.05) is 18.2 Å². The third-order valence-corrected chi connectivity index (χ3v) is 4.60. The van der Waals surface area contributed by atoms with Crippen molar-refractivity contribution in [3.63, 3.8) is 0 Å². The first kappa shape index (κ1) is 16.2. The number of carbonyl (C=O) groups is 2. The van der Waals surface area contributed by atoms with E-state index in [1.807, 2.05) is 42.6 Å². The van der Waals surface area contributed by atoms with E-state index >= 15 is 0 Å². The van der Waals surface area contributed by atoms with Gasteiger partial charge in [0.25, 0.3) is 5.91 Å². The quantitative estimate of drug-likeness (QED) is 0.922. The number of hydrogen-bond donors (Lipinski definition) is 1. The molecule has 0 fully saturated rings. The normalized spacial score (nSPS) is 11.8. The maximum absolute atomic E-state index is 12.5. The molecule has 2 amide bonds. The van der Waals surface area contributed by atoms with E-state index in [-0.39, 0.29) is 17.9 Å². The van der Waals surface area contributed by atoms with Crippen molar-refractivity contribution in [1.29, 1.82) is 0 Å². The number of rotatable bonds is 5. The number of nitrogens with zero attached hydrogens (tertiary/aromatic N) is 1. The molecular formula is C17H20N2O2S. The molecule has 0 bridgehead atoms. The molecule has 0 spiro atoms. The zero-order valence-corrected chi connectivity index (χ0v) is 13.8. The first-order valence-corrected chi connectivity index (χ1v) is 8.02. The van der Waals surface area contributed by atoms with Crippen LogP contribution in [0.5, 0.6) is 0 Å². The standard InChI is InChI=1S/C17H20N2O2S/c1-12(11-16(20)18-2)19(3)17(21)14-8-6-13(7-9-14)15-5-4-10-22-15/h4-10,12H,11H2,1-3H3,(H,18,20). The molecule has 2 rings (SSSR count). The molecule has 116 valence electrons. The zero-order chi connectivity index (χ0) is 16.1. The van der Waals surface area contributed by atoms with Crippen molar-refractivity contribution in [2.75, 3.05) is 14.1 Å². The molecule has 1 unspecified atom stereocenters. The first-order chi connectivity index (χ1) is 10.5. The number of hydrogen-bond acceptors (Lipinski definition) is 3. The largest absolute Gasteiger partial charge is 0.359 e. The van der Waals surface area contributed by atoms with Crippen molar-refractivity contribution < 1.29 is 9.59 Å². The smallest absolute Gasteiger partial charge is 0.253 e. The molecule has 0 aliphatic rings. The number of nitrogens with one attached hydrogen (secondary N) is 1. The molecule has 1 N–H and O–H groups in total. The molecule has 4 nitrogen and oxygen atoms in total. The van der Waals surface area contributed by atoms with Crippen molar-refractivity contribution in [2.45, 2.75) is 19.4 Å². The number of benzene rings is 1. The second kappa shape index (κ2) is 7.22. The second-order valence-corrected chi connectivity index (χ2v) is 6.14. The maximum Gasteiger partial charge on any atom is 0.253 e. The molecule has 2 aromatic rings. The lowest BCUT2D eigenvalue weighted by atomic mass is 10.1. The summed E-state index contributed by atoms with van der Waals surface area (Å²) in [6.45, 7) is 1.87. The molecule has 22 heavy (non-hydrogen) atoms. The Morgan fingerprint density at radius 3 is 2.45 bits per heavy atom. The number of amides is 2. The lowest BCUT2D eigenvalue weighted by molar-refractivity contribution is -0.121. The molecule has 1 aromatic heterocycles. The SMILES string of the molecule is CNC(=O)CC(C)N(C)C(=O)c1ccc(-c2cccs2)cc1. The van der Waals surface area contributed by atoms with Gasteiger partial charge < -0.3 is 10.2 Å². The highest BCUT2D eigenvalue weighted by atomic mass is 32.1. The third-order valence-electron chi connectivity index (χ3n) is 3.68. The fraction of sp³-hybridized carbons (Fsp3) is 0.294. The lowest BCUT2D eigenvalue weighted by Gasteiger charge is -2.24. The second-order valence-electron chi connectivity index (χ2n) is 5.20. The maximum atomic E-state index is 12.5. The average Bonchev–Trinajstić information content (AvgIpc) is 3.07. The van der Waals surface area contributed by atoms with Gasteiger partial charge in [0, 0.05) is 37.0 Å². The number of thiophene rings is 1. The molecular weight excluding hydrogens is 296 g/mol.